The minimum atomic E-state index is 0.791. The molecule has 0 aromatic heterocycles. The normalized spacial score (nSPS) is 18.9. The van der Waals surface area contributed by atoms with Crippen LogP contribution < -0.4 is 5.73 Å². The summed E-state index contributed by atoms with van der Waals surface area (Å²) in [7, 11) is 0. The van der Waals surface area contributed by atoms with Gasteiger partial charge in [-0.25, -0.2) is 0 Å². The second-order valence-electron chi connectivity index (χ2n) is 2.65. The Morgan fingerprint density at radius 1 is 1.70 bits per heavy atom. The summed E-state index contributed by atoms with van der Waals surface area (Å²) < 4.78 is 0. The predicted molar refractivity (Wildman–Crippen MR) is 42.7 cm³/mol. The van der Waals surface area contributed by atoms with E-state index in [1.54, 1.807) is 0 Å². The number of hydrazone groups is 1. The quantitative estimate of drug-likeness (QED) is 0.617. The molecule has 1 aliphatic rings. The molecule has 3 heteroatoms. The number of nitrogens with zero attached hydrogens (tertiary/aromatic N) is 2. The zero-order valence-corrected chi connectivity index (χ0v) is 6.51. The van der Waals surface area contributed by atoms with Crippen LogP contribution in [0.5, 0.6) is 0 Å². The number of hydrogen-bond acceptors (Lipinski definition) is 3. The van der Waals surface area contributed by atoms with Crippen LogP contribution in [0.3, 0.4) is 0 Å². The van der Waals surface area contributed by atoms with Gasteiger partial charge in [0.15, 0.2) is 0 Å². The van der Waals surface area contributed by atoms with Crippen LogP contribution in [0.25, 0.3) is 0 Å². The van der Waals surface area contributed by atoms with Crippen molar-refractivity contribution in [2.24, 2.45) is 10.8 Å². The first kappa shape index (κ1) is 7.38. The summed E-state index contributed by atoms with van der Waals surface area (Å²) in [6.45, 7) is 4.27. The van der Waals surface area contributed by atoms with E-state index in [-0.39, 0.29) is 0 Å². The van der Waals surface area contributed by atoms with E-state index in [1.165, 1.54) is 0 Å². The molecule has 0 radical (unpaired) electrons. The first-order valence-corrected chi connectivity index (χ1v) is 3.91. The van der Waals surface area contributed by atoms with Crippen LogP contribution in [0.1, 0.15) is 26.2 Å². The first-order chi connectivity index (χ1) is 4.83. The highest BCUT2D eigenvalue weighted by atomic mass is 15.5. The first-order valence-electron chi connectivity index (χ1n) is 3.91. The molecule has 58 valence electrons. The van der Waals surface area contributed by atoms with Gasteiger partial charge in [-0.15, -0.1) is 0 Å². The smallest absolute Gasteiger partial charge is 0.119 e. The monoisotopic (exact) mass is 141 g/mol. The van der Waals surface area contributed by atoms with Gasteiger partial charge in [-0.2, -0.15) is 5.10 Å². The summed E-state index contributed by atoms with van der Waals surface area (Å²) in [4.78, 5) is 0. The van der Waals surface area contributed by atoms with E-state index in [4.69, 9.17) is 5.73 Å². The van der Waals surface area contributed by atoms with Crippen LogP contribution in [0.4, 0.5) is 0 Å². The van der Waals surface area contributed by atoms with E-state index in [0.717, 1.165) is 38.2 Å². The van der Waals surface area contributed by atoms with Crippen molar-refractivity contribution in [1.82, 2.24) is 5.01 Å². The second-order valence-corrected chi connectivity index (χ2v) is 2.65. The lowest BCUT2D eigenvalue weighted by molar-refractivity contribution is 0.273. The Kier molecular flexibility index (Phi) is 2.54. The molecule has 0 aliphatic carbocycles. The van der Waals surface area contributed by atoms with Crippen molar-refractivity contribution >= 4 is 5.84 Å². The fraction of sp³-hybridized carbons (Fsp3) is 0.857. The van der Waals surface area contributed by atoms with Crippen LogP contribution in [-0.2, 0) is 0 Å². The molecule has 1 heterocycles. The van der Waals surface area contributed by atoms with Crippen LogP contribution in [0.15, 0.2) is 5.10 Å². The molecule has 0 amide bonds. The molecule has 0 atom stereocenters. The largest absolute Gasteiger partial charge is 0.386 e. The predicted octanol–water partition coefficient (Wildman–Crippen LogP) is 0.764. The molecule has 0 aromatic carbocycles. The van der Waals surface area contributed by atoms with E-state index < -0.39 is 0 Å². The molecule has 2 N–H and O–H groups in total. The lowest BCUT2D eigenvalue weighted by Gasteiger charge is -2.22. The highest BCUT2D eigenvalue weighted by molar-refractivity contribution is 5.80. The Labute approximate surface area is 61.9 Å². The van der Waals surface area contributed by atoms with Gasteiger partial charge in [0.2, 0.25) is 0 Å². The number of nitrogens with two attached hydrogens (primary N) is 1. The third kappa shape index (κ3) is 1.90. The van der Waals surface area contributed by atoms with E-state index >= 15 is 0 Å². The molecule has 0 bridgehead atoms. The zero-order valence-electron chi connectivity index (χ0n) is 6.51. The summed E-state index contributed by atoms with van der Waals surface area (Å²) in [6, 6.07) is 0. The van der Waals surface area contributed by atoms with Crippen molar-refractivity contribution in [1.29, 1.82) is 0 Å². The van der Waals surface area contributed by atoms with Crippen LogP contribution >= 0.6 is 0 Å². The Morgan fingerprint density at radius 2 is 2.50 bits per heavy atom. The lowest BCUT2D eigenvalue weighted by Crippen LogP contribution is -2.30. The molecule has 10 heavy (non-hydrogen) atoms. The fourth-order valence-electron chi connectivity index (χ4n) is 1.14. The summed E-state index contributed by atoms with van der Waals surface area (Å²) in [5, 5.41) is 6.25. The zero-order chi connectivity index (χ0) is 7.40. The molecule has 0 unspecified atom stereocenters. The summed E-state index contributed by atoms with van der Waals surface area (Å²) in [6.07, 6.45) is 3.28. The lowest BCUT2D eigenvalue weighted by atomic mass is 10.2. The minimum absolute atomic E-state index is 0.791. The fourth-order valence-corrected chi connectivity index (χ4v) is 1.14. The van der Waals surface area contributed by atoms with E-state index in [1.807, 2.05) is 0 Å². The van der Waals surface area contributed by atoms with Crippen molar-refractivity contribution in [2.45, 2.75) is 26.2 Å². The van der Waals surface area contributed by atoms with Gasteiger partial charge >= 0.3 is 0 Å². The van der Waals surface area contributed by atoms with Gasteiger partial charge in [0.05, 0.1) is 0 Å². The number of amidine groups is 1. The van der Waals surface area contributed by atoms with Gasteiger partial charge in [-0.3, -0.25) is 5.01 Å². The maximum absolute atomic E-state index is 5.56. The average Bonchev–Trinajstić information content (AvgIpc) is 1.88. The summed E-state index contributed by atoms with van der Waals surface area (Å²) in [5.41, 5.74) is 5.56. The third-order valence-corrected chi connectivity index (χ3v) is 1.60. The Morgan fingerprint density at radius 3 is 3.10 bits per heavy atom. The van der Waals surface area contributed by atoms with Crippen LogP contribution in [0, 0.1) is 0 Å². The van der Waals surface area contributed by atoms with E-state index in [0.29, 0.717) is 0 Å². The standard InChI is InChI=1S/C7H15N3/c1-2-5-10-6-3-4-7(8)9-10/h2-6H2,1H3,(H2,8,9). The van der Waals surface area contributed by atoms with Crippen molar-refractivity contribution in [3.8, 4) is 0 Å². The van der Waals surface area contributed by atoms with Crippen molar-refractivity contribution in [3.63, 3.8) is 0 Å². The van der Waals surface area contributed by atoms with Crippen molar-refractivity contribution < 1.29 is 0 Å². The topological polar surface area (TPSA) is 41.6 Å². The van der Waals surface area contributed by atoms with Gasteiger partial charge in [-0.1, -0.05) is 6.92 Å². The highest BCUT2D eigenvalue weighted by Gasteiger charge is 2.06. The maximum atomic E-state index is 5.56. The van der Waals surface area contributed by atoms with Gasteiger partial charge in [0, 0.05) is 19.5 Å². The molecule has 0 aromatic rings. The van der Waals surface area contributed by atoms with Crippen LogP contribution in [-0.4, -0.2) is 23.9 Å². The SMILES string of the molecule is CCCN1CCCC(N)=N1. The molecule has 3 nitrogen and oxygen atoms in total. The van der Waals surface area contributed by atoms with Crippen molar-refractivity contribution in [3.05, 3.63) is 0 Å². The Balaban J connectivity index is 2.38. The molecule has 1 aliphatic heterocycles. The molecule has 1 rings (SSSR count). The molecule has 0 fully saturated rings. The van der Waals surface area contributed by atoms with Crippen molar-refractivity contribution in [2.75, 3.05) is 13.1 Å². The van der Waals surface area contributed by atoms with E-state index in [9.17, 15) is 0 Å². The number of rotatable bonds is 2. The molecule has 0 saturated heterocycles. The molecular formula is C7H15N3. The third-order valence-electron chi connectivity index (χ3n) is 1.60. The molecule has 0 saturated carbocycles. The Hall–Kier alpha value is -0.730. The number of hydrogen-bond donors (Lipinski definition) is 1. The van der Waals surface area contributed by atoms with Gasteiger partial charge in [0.25, 0.3) is 0 Å². The van der Waals surface area contributed by atoms with Gasteiger partial charge in [0.1, 0.15) is 5.84 Å². The summed E-state index contributed by atoms with van der Waals surface area (Å²) >= 11 is 0. The second kappa shape index (κ2) is 3.44. The average molecular weight is 141 g/mol. The van der Waals surface area contributed by atoms with Gasteiger partial charge < -0.3 is 5.73 Å². The maximum Gasteiger partial charge on any atom is 0.119 e. The minimum Gasteiger partial charge on any atom is -0.386 e. The Bertz CT molecular complexity index is 131. The van der Waals surface area contributed by atoms with Gasteiger partial charge in [-0.05, 0) is 12.8 Å². The van der Waals surface area contributed by atoms with Crippen LogP contribution in [0.2, 0.25) is 0 Å². The molecular weight excluding hydrogens is 126 g/mol. The summed E-state index contributed by atoms with van der Waals surface area (Å²) in [5.74, 6) is 0.791. The van der Waals surface area contributed by atoms with E-state index in [2.05, 4.69) is 17.0 Å². The molecule has 0 spiro atoms. The highest BCUT2D eigenvalue weighted by Crippen LogP contribution is 2.04.